The smallest absolute Gasteiger partial charge is 0.335 e. The van der Waals surface area contributed by atoms with E-state index in [-0.39, 0.29) is 5.57 Å². The van der Waals surface area contributed by atoms with E-state index in [2.05, 4.69) is 0 Å². The Balaban J connectivity index is 4.45. The second kappa shape index (κ2) is 5.29. The quantitative estimate of drug-likeness (QED) is 0.470. The molecular formula is C8H11NO2. The van der Waals surface area contributed by atoms with Gasteiger partial charge in [0.15, 0.2) is 0 Å². The van der Waals surface area contributed by atoms with E-state index < -0.39 is 5.97 Å². The van der Waals surface area contributed by atoms with Crippen LogP contribution in [0, 0.1) is 0 Å². The number of nitrogens with two attached hydrogens (primary N) is 1. The Kier molecular flexibility index (Phi) is 4.56. The molecule has 0 atom stereocenters. The molecular weight excluding hydrogens is 142 g/mol. The number of rotatable bonds is 3. The first-order chi connectivity index (χ1) is 5.22. The minimum atomic E-state index is -0.957. The normalized spacial score (nSPS) is 13.0. The van der Waals surface area contributed by atoms with Gasteiger partial charge < -0.3 is 10.8 Å². The summed E-state index contributed by atoms with van der Waals surface area (Å²) >= 11 is 0. The van der Waals surface area contributed by atoms with Crippen LogP contribution < -0.4 is 5.73 Å². The maximum Gasteiger partial charge on any atom is 0.335 e. The molecule has 0 saturated carbocycles. The van der Waals surface area contributed by atoms with Crippen LogP contribution in [0.3, 0.4) is 0 Å². The second-order valence-electron chi connectivity index (χ2n) is 1.81. The van der Waals surface area contributed by atoms with Gasteiger partial charge in [-0.15, -0.1) is 0 Å². The second-order valence-corrected chi connectivity index (χ2v) is 1.81. The van der Waals surface area contributed by atoms with Crippen molar-refractivity contribution in [3.63, 3.8) is 0 Å². The fourth-order valence-corrected chi connectivity index (χ4v) is 0.537. The maximum atomic E-state index is 10.4. The predicted octanol–water partition coefficient (Wildman–Crippen LogP) is 1.05. The van der Waals surface area contributed by atoms with E-state index in [1.807, 2.05) is 0 Å². The largest absolute Gasteiger partial charge is 0.478 e. The van der Waals surface area contributed by atoms with Crippen LogP contribution in [-0.4, -0.2) is 11.1 Å². The zero-order valence-corrected chi connectivity index (χ0v) is 6.32. The van der Waals surface area contributed by atoms with Crippen molar-refractivity contribution in [1.29, 1.82) is 0 Å². The predicted molar refractivity (Wildman–Crippen MR) is 43.9 cm³/mol. The van der Waals surface area contributed by atoms with Crippen molar-refractivity contribution >= 4 is 5.97 Å². The lowest BCUT2D eigenvalue weighted by atomic mass is 10.2. The molecule has 3 heteroatoms. The summed E-state index contributed by atoms with van der Waals surface area (Å²) in [5.74, 6) is -0.957. The van der Waals surface area contributed by atoms with Gasteiger partial charge >= 0.3 is 5.97 Å². The standard InChI is InChI=1S/C8H11NO2/c1-2-4-7(8(10)11)5-3-6-9/h2-6H,9H2,1H3,(H,10,11)/b4-2-,6-3+,7-5+. The molecule has 0 aliphatic heterocycles. The van der Waals surface area contributed by atoms with Gasteiger partial charge in [0.2, 0.25) is 0 Å². The number of carboxylic acids is 1. The highest BCUT2D eigenvalue weighted by atomic mass is 16.4. The highest BCUT2D eigenvalue weighted by Crippen LogP contribution is 1.96. The average Bonchev–Trinajstić information content (AvgIpc) is 1.97. The first-order valence-electron chi connectivity index (χ1n) is 3.17. The first-order valence-corrected chi connectivity index (χ1v) is 3.17. The molecule has 0 aromatic heterocycles. The van der Waals surface area contributed by atoms with Crippen molar-refractivity contribution in [2.75, 3.05) is 0 Å². The summed E-state index contributed by atoms with van der Waals surface area (Å²) in [4.78, 5) is 10.4. The van der Waals surface area contributed by atoms with Crippen LogP contribution in [0.25, 0.3) is 0 Å². The highest BCUT2D eigenvalue weighted by Gasteiger charge is 1.98. The molecule has 0 aromatic carbocycles. The van der Waals surface area contributed by atoms with Crippen molar-refractivity contribution in [2.24, 2.45) is 5.73 Å². The molecule has 0 radical (unpaired) electrons. The van der Waals surface area contributed by atoms with Gasteiger partial charge in [0.05, 0.1) is 5.57 Å². The Hall–Kier alpha value is -1.51. The van der Waals surface area contributed by atoms with Gasteiger partial charge in [0.1, 0.15) is 0 Å². The molecule has 0 heterocycles. The van der Waals surface area contributed by atoms with Gasteiger partial charge in [-0.2, -0.15) is 0 Å². The van der Waals surface area contributed by atoms with Crippen molar-refractivity contribution < 1.29 is 9.90 Å². The molecule has 0 aliphatic carbocycles. The van der Waals surface area contributed by atoms with Crippen LogP contribution >= 0.6 is 0 Å². The van der Waals surface area contributed by atoms with Gasteiger partial charge in [-0.05, 0) is 25.3 Å². The summed E-state index contributed by atoms with van der Waals surface area (Å²) < 4.78 is 0. The zero-order chi connectivity index (χ0) is 8.69. The van der Waals surface area contributed by atoms with Crippen LogP contribution in [0.15, 0.2) is 36.1 Å². The van der Waals surface area contributed by atoms with Gasteiger partial charge in [-0.1, -0.05) is 12.2 Å². The Morgan fingerprint density at radius 3 is 2.55 bits per heavy atom. The molecule has 0 spiro atoms. The average molecular weight is 153 g/mol. The molecule has 0 fully saturated rings. The van der Waals surface area contributed by atoms with Crippen LogP contribution in [0.1, 0.15) is 6.92 Å². The van der Waals surface area contributed by atoms with Crippen LogP contribution in [-0.2, 0) is 4.79 Å². The van der Waals surface area contributed by atoms with E-state index in [0.29, 0.717) is 0 Å². The van der Waals surface area contributed by atoms with Crippen molar-refractivity contribution in [3.8, 4) is 0 Å². The number of hydrogen-bond acceptors (Lipinski definition) is 2. The summed E-state index contributed by atoms with van der Waals surface area (Å²) in [5, 5.41) is 8.54. The van der Waals surface area contributed by atoms with Crippen LogP contribution in [0.5, 0.6) is 0 Å². The van der Waals surface area contributed by atoms with E-state index >= 15 is 0 Å². The Morgan fingerprint density at radius 1 is 1.55 bits per heavy atom. The minimum Gasteiger partial charge on any atom is -0.478 e. The first kappa shape index (κ1) is 9.49. The molecule has 0 aliphatic rings. The SMILES string of the molecule is C\C=C/C(=C\C=C\N)C(=O)O. The van der Waals surface area contributed by atoms with Gasteiger partial charge in [0, 0.05) is 0 Å². The Labute approximate surface area is 65.5 Å². The van der Waals surface area contributed by atoms with Gasteiger partial charge in [-0.3, -0.25) is 0 Å². The van der Waals surface area contributed by atoms with E-state index in [1.54, 1.807) is 13.0 Å². The van der Waals surface area contributed by atoms with E-state index in [1.165, 1.54) is 24.4 Å². The number of carbonyl (C=O) groups is 1. The lowest BCUT2D eigenvalue weighted by molar-refractivity contribution is -0.132. The molecule has 3 N–H and O–H groups in total. The Bertz CT molecular complexity index is 214. The molecule has 0 unspecified atom stereocenters. The molecule has 0 rings (SSSR count). The minimum absolute atomic E-state index is 0.217. The lowest BCUT2D eigenvalue weighted by Gasteiger charge is -1.89. The summed E-state index contributed by atoms with van der Waals surface area (Å²) in [6.45, 7) is 1.75. The summed E-state index contributed by atoms with van der Waals surface area (Å²) in [7, 11) is 0. The summed E-state index contributed by atoms with van der Waals surface area (Å²) in [5.41, 5.74) is 5.25. The fraction of sp³-hybridized carbons (Fsp3) is 0.125. The molecule has 60 valence electrons. The van der Waals surface area contributed by atoms with E-state index in [0.717, 1.165) is 0 Å². The topological polar surface area (TPSA) is 63.3 Å². The summed E-state index contributed by atoms with van der Waals surface area (Å²) in [6.07, 6.45) is 7.35. The molecule has 0 bridgehead atoms. The van der Waals surface area contributed by atoms with Gasteiger partial charge in [0.25, 0.3) is 0 Å². The zero-order valence-electron chi connectivity index (χ0n) is 6.32. The third-order valence-electron chi connectivity index (χ3n) is 0.980. The monoisotopic (exact) mass is 153 g/mol. The fourth-order valence-electron chi connectivity index (χ4n) is 0.537. The van der Waals surface area contributed by atoms with Crippen LogP contribution in [0.2, 0.25) is 0 Å². The lowest BCUT2D eigenvalue weighted by Crippen LogP contribution is -1.96. The Morgan fingerprint density at radius 2 is 2.18 bits per heavy atom. The van der Waals surface area contributed by atoms with Gasteiger partial charge in [-0.25, -0.2) is 4.79 Å². The van der Waals surface area contributed by atoms with Crippen molar-refractivity contribution in [3.05, 3.63) is 36.1 Å². The third kappa shape index (κ3) is 3.97. The maximum absolute atomic E-state index is 10.4. The van der Waals surface area contributed by atoms with Crippen molar-refractivity contribution in [2.45, 2.75) is 6.92 Å². The van der Waals surface area contributed by atoms with Crippen molar-refractivity contribution in [1.82, 2.24) is 0 Å². The molecule has 0 aromatic rings. The van der Waals surface area contributed by atoms with E-state index in [4.69, 9.17) is 10.8 Å². The molecule has 0 saturated heterocycles. The third-order valence-corrected chi connectivity index (χ3v) is 0.980. The number of hydrogen-bond donors (Lipinski definition) is 2. The summed E-state index contributed by atoms with van der Waals surface area (Å²) in [6, 6.07) is 0. The molecule has 3 nitrogen and oxygen atoms in total. The number of aliphatic carboxylic acids is 1. The van der Waals surface area contributed by atoms with E-state index in [9.17, 15) is 4.79 Å². The van der Waals surface area contributed by atoms with Crippen LogP contribution in [0.4, 0.5) is 0 Å². The molecule has 11 heavy (non-hydrogen) atoms. The number of carboxylic acid groups (broad SMARTS) is 1. The highest BCUT2D eigenvalue weighted by molar-refractivity contribution is 5.90. The molecule has 0 amide bonds. The number of allylic oxidation sites excluding steroid dienone is 3.